The van der Waals surface area contributed by atoms with Crippen LogP contribution in [0.3, 0.4) is 0 Å². The first-order valence-electron chi connectivity index (χ1n) is 4.56. The van der Waals surface area contributed by atoms with Gasteiger partial charge in [0.1, 0.15) is 4.83 Å². The number of aromatic nitrogens is 1. The van der Waals surface area contributed by atoms with Crippen LogP contribution in [0, 0.1) is 0 Å². The maximum absolute atomic E-state index is 5.53. The average molecular weight is 207 g/mol. The first-order chi connectivity index (χ1) is 6.83. The fourth-order valence-corrected chi connectivity index (χ4v) is 2.26. The average Bonchev–Trinajstić information content (AvgIpc) is 2.65. The lowest BCUT2D eigenvalue weighted by molar-refractivity contribution is 0.889. The zero-order valence-corrected chi connectivity index (χ0v) is 8.92. The van der Waals surface area contributed by atoms with Crippen LogP contribution in [0.25, 0.3) is 10.2 Å². The molecule has 0 unspecified atom stereocenters. The smallest absolute Gasteiger partial charge is 0.125 e. The Morgan fingerprint density at radius 1 is 1.50 bits per heavy atom. The summed E-state index contributed by atoms with van der Waals surface area (Å²) in [5.74, 6) is 0. The second kappa shape index (κ2) is 3.94. The number of anilines is 1. The molecule has 74 valence electrons. The molecule has 2 rings (SSSR count). The summed E-state index contributed by atoms with van der Waals surface area (Å²) in [6, 6.07) is 4.14. The normalized spacial score (nSPS) is 10.7. The summed E-state index contributed by atoms with van der Waals surface area (Å²) < 4.78 is 0. The van der Waals surface area contributed by atoms with E-state index in [1.54, 1.807) is 11.3 Å². The number of hydrogen-bond acceptors (Lipinski definition) is 4. The van der Waals surface area contributed by atoms with Crippen LogP contribution in [-0.4, -0.2) is 25.1 Å². The van der Waals surface area contributed by atoms with Crippen LogP contribution in [0.5, 0.6) is 0 Å². The first-order valence-corrected chi connectivity index (χ1v) is 5.44. The molecular weight excluding hydrogens is 194 g/mol. The SMILES string of the molecule is CN(CCN)c1ccnc2sccc12. The summed E-state index contributed by atoms with van der Waals surface area (Å²) in [7, 11) is 2.05. The molecule has 2 heterocycles. The van der Waals surface area contributed by atoms with Crippen LogP contribution >= 0.6 is 11.3 Å². The third-order valence-electron chi connectivity index (χ3n) is 2.22. The quantitative estimate of drug-likeness (QED) is 0.832. The Hall–Kier alpha value is -1.13. The van der Waals surface area contributed by atoms with Crippen LogP contribution in [0.15, 0.2) is 23.7 Å². The Bertz CT molecular complexity index is 424. The molecule has 4 heteroatoms. The van der Waals surface area contributed by atoms with Crippen molar-refractivity contribution in [2.75, 3.05) is 25.0 Å². The van der Waals surface area contributed by atoms with Crippen molar-refractivity contribution in [3.8, 4) is 0 Å². The molecule has 2 N–H and O–H groups in total. The summed E-state index contributed by atoms with van der Waals surface area (Å²) in [5, 5.41) is 3.28. The number of rotatable bonds is 3. The highest BCUT2D eigenvalue weighted by atomic mass is 32.1. The standard InChI is InChI=1S/C10H13N3S/c1-13(6-4-11)9-2-5-12-10-8(9)3-7-14-10/h2-3,5,7H,4,6,11H2,1H3. The fourth-order valence-electron chi connectivity index (χ4n) is 1.51. The first kappa shape index (κ1) is 9.43. The minimum Gasteiger partial charge on any atom is -0.373 e. The third-order valence-corrected chi connectivity index (χ3v) is 3.04. The second-order valence-corrected chi connectivity index (χ2v) is 4.07. The number of nitrogens with two attached hydrogens (primary N) is 1. The zero-order valence-electron chi connectivity index (χ0n) is 8.10. The molecule has 0 aromatic carbocycles. The summed E-state index contributed by atoms with van der Waals surface area (Å²) in [6.45, 7) is 1.54. The van der Waals surface area contributed by atoms with Crippen molar-refractivity contribution in [2.45, 2.75) is 0 Å². The molecular formula is C10H13N3S. The highest BCUT2D eigenvalue weighted by Crippen LogP contribution is 2.27. The Morgan fingerprint density at radius 3 is 3.14 bits per heavy atom. The van der Waals surface area contributed by atoms with E-state index in [0.717, 1.165) is 11.4 Å². The molecule has 0 saturated heterocycles. The molecule has 14 heavy (non-hydrogen) atoms. The van der Waals surface area contributed by atoms with Crippen LogP contribution in [0.2, 0.25) is 0 Å². The van der Waals surface area contributed by atoms with Crippen LogP contribution in [0.1, 0.15) is 0 Å². The summed E-state index contributed by atoms with van der Waals surface area (Å²) in [6.07, 6.45) is 1.85. The van der Waals surface area contributed by atoms with Crippen molar-refractivity contribution in [1.82, 2.24) is 4.98 Å². The van der Waals surface area contributed by atoms with Gasteiger partial charge in [-0.15, -0.1) is 11.3 Å². The van der Waals surface area contributed by atoms with E-state index in [1.807, 2.05) is 12.3 Å². The van der Waals surface area contributed by atoms with Gasteiger partial charge in [0, 0.05) is 37.4 Å². The summed E-state index contributed by atoms with van der Waals surface area (Å²) >= 11 is 1.67. The highest BCUT2D eigenvalue weighted by molar-refractivity contribution is 7.16. The molecule has 0 aliphatic heterocycles. The number of pyridine rings is 1. The van der Waals surface area contributed by atoms with Crippen molar-refractivity contribution < 1.29 is 0 Å². The van der Waals surface area contributed by atoms with E-state index in [0.29, 0.717) is 6.54 Å². The number of thiophene rings is 1. The molecule has 0 fully saturated rings. The van der Waals surface area contributed by atoms with Crippen molar-refractivity contribution in [3.63, 3.8) is 0 Å². The largest absolute Gasteiger partial charge is 0.373 e. The Kier molecular flexibility index (Phi) is 2.65. The highest BCUT2D eigenvalue weighted by Gasteiger charge is 2.06. The minimum atomic E-state index is 0.671. The van der Waals surface area contributed by atoms with Gasteiger partial charge in [0.2, 0.25) is 0 Å². The van der Waals surface area contributed by atoms with Gasteiger partial charge in [-0.05, 0) is 17.5 Å². The second-order valence-electron chi connectivity index (χ2n) is 3.18. The van der Waals surface area contributed by atoms with E-state index < -0.39 is 0 Å². The number of hydrogen-bond donors (Lipinski definition) is 1. The van der Waals surface area contributed by atoms with Gasteiger partial charge in [0.05, 0.1) is 0 Å². The molecule has 2 aromatic rings. The van der Waals surface area contributed by atoms with Crippen LogP contribution < -0.4 is 10.6 Å². The van der Waals surface area contributed by atoms with Crippen molar-refractivity contribution in [2.24, 2.45) is 5.73 Å². The van der Waals surface area contributed by atoms with E-state index in [-0.39, 0.29) is 0 Å². The summed E-state index contributed by atoms with van der Waals surface area (Å²) in [4.78, 5) is 7.56. The summed E-state index contributed by atoms with van der Waals surface area (Å²) in [5.41, 5.74) is 6.74. The Labute approximate surface area is 87.2 Å². The molecule has 0 saturated carbocycles. The lowest BCUT2D eigenvalue weighted by Gasteiger charge is -2.18. The van der Waals surface area contributed by atoms with Gasteiger partial charge < -0.3 is 10.6 Å². The fraction of sp³-hybridized carbons (Fsp3) is 0.300. The van der Waals surface area contributed by atoms with Crippen molar-refractivity contribution in [1.29, 1.82) is 0 Å². The minimum absolute atomic E-state index is 0.671. The molecule has 2 aromatic heterocycles. The van der Waals surface area contributed by atoms with Crippen LogP contribution in [0.4, 0.5) is 5.69 Å². The molecule has 0 aliphatic rings. The maximum atomic E-state index is 5.53. The number of nitrogens with zero attached hydrogens (tertiary/aromatic N) is 2. The van der Waals surface area contributed by atoms with Gasteiger partial charge >= 0.3 is 0 Å². The van der Waals surface area contributed by atoms with Crippen LogP contribution in [-0.2, 0) is 0 Å². The molecule has 0 aliphatic carbocycles. The van der Waals surface area contributed by atoms with Crippen molar-refractivity contribution in [3.05, 3.63) is 23.7 Å². The molecule has 0 radical (unpaired) electrons. The third kappa shape index (κ3) is 1.58. The van der Waals surface area contributed by atoms with Gasteiger partial charge in [0.15, 0.2) is 0 Å². The van der Waals surface area contributed by atoms with Gasteiger partial charge in [0.25, 0.3) is 0 Å². The molecule has 0 atom stereocenters. The predicted molar refractivity (Wildman–Crippen MR) is 61.9 cm³/mol. The lowest BCUT2D eigenvalue weighted by atomic mass is 10.2. The van der Waals surface area contributed by atoms with Gasteiger partial charge in [-0.1, -0.05) is 0 Å². The maximum Gasteiger partial charge on any atom is 0.125 e. The number of likely N-dealkylation sites (N-methyl/N-ethyl adjacent to an activating group) is 1. The Balaban J connectivity index is 2.45. The van der Waals surface area contributed by atoms with E-state index in [1.165, 1.54) is 11.1 Å². The number of fused-ring (bicyclic) bond motifs is 1. The van der Waals surface area contributed by atoms with E-state index in [9.17, 15) is 0 Å². The van der Waals surface area contributed by atoms with Gasteiger partial charge in [-0.2, -0.15) is 0 Å². The topological polar surface area (TPSA) is 42.1 Å². The zero-order chi connectivity index (χ0) is 9.97. The van der Waals surface area contributed by atoms with E-state index in [2.05, 4.69) is 28.4 Å². The van der Waals surface area contributed by atoms with Gasteiger partial charge in [-0.3, -0.25) is 0 Å². The molecule has 0 amide bonds. The van der Waals surface area contributed by atoms with Gasteiger partial charge in [-0.25, -0.2) is 4.98 Å². The molecule has 0 spiro atoms. The molecule has 0 bridgehead atoms. The Morgan fingerprint density at radius 2 is 2.36 bits per heavy atom. The van der Waals surface area contributed by atoms with Crippen molar-refractivity contribution >= 4 is 27.2 Å². The molecule has 3 nitrogen and oxygen atoms in total. The predicted octanol–water partition coefficient (Wildman–Crippen LogP) is 1.69. The monoisotopic (exact) mass is 207 g/mol. The van der Waals surface area contributed by atoms with E-state index in [4.69, 9.17) is 5.73 Å². The van der Waals surface area contributed by atoms with E-state index >= 15 is 0 Å². The lowest BCUT2D eigenvalue weighted by Crippen LogP contribution is -2.25.